The van der Waals surface area contributed by atoms with Gasteiger partial charge in [0.1, 0.15) is 0 Å². The van der Waals surface area contributed by atoms with Crippen LogP contribution >= 0.6 is 0 Å². The number of ether oxygens (including phenoxy) is 1. The summed E-state index contributed by atoms with van der Waals surface area (Å²) in [6.45, 7) is 7.50. The van der Waals surface area contributed by atoms with Crippen molar-refractivity contribution in [2.75, 3.05) is 0 Å². The Labute approximate surface area is 203 Å². The maximum absolute atomic E-state index is 12.5. The summed E-state index contributed by atoms with van der Waals surface area (Å²) in [4.78, 5) is 12.5. The number of amides is 1. The Morgan fingerprint density at radius 1 is 1.03 bits per heavy atom. The van der Waals surface area contributed by atoms with E-state index in [-0.39, 0.29) is 20.5 Å². The maximum atomic E-state index is 12.5. The van der Waals surface area contributed by atoms with Crippen molar-refractivity contribution in [2.45, 2.75) is 64.3 Å². The standard InChI is InChI=1S/C25H31N3O3SeSi/c1-5-33(30)17-20-13-11-19(12-14-20)15-21(26-24(29)31-25(2,3)4)23-28-27-22(32-23)16-18-9-7-6-8-10-18/h6-14,21H,5,15-17H2,1-4H3,(H,26,29). The van der Waals surface area contributed by atoms with Gasteiger partial charge in [-0.05, 0) is 0 Å². The van der Waals surface area contributed by atoms with E-state index >= 15 is 0 Å². The fourth-order valence-corrected chi connectivity index (χ4v) is 6.17. The van der Waals surface area contributed by atoms with Crippen LogP contribution in [0.1, 0.15) is 59.6 Å². The molecule has 0 aliphatic rings. The van der Waals surface area contributed by atoms with Gasteiger partial charge in [0.05, 0.1) is 0 Å². The molecule has 0 bridgehead atoms. The Kier molecular flexibility index (Phi) is 8.89. The minimum atomic E-state index is -1.55. The van der Waals surface area contributed by atoms with Gasteiger partial charge in [-0.25, -0.2) is 0 Å². The van der Waals surface area contributed by atoms with Crippen molar-refractivity contribution in [3.63, 3.8) is 0 Å². The molecular formula is C25H31N3O3SeSi. The molecule has 1 heterocycles. The SMILES string of the molecule is CC[Si](=O)Cc1ccc(CC(NC(=O)OC(C)(C)C)c2nnc(Cc3ccccc3)[se]2)cc1. The molecule has 1 N–H and O–H groups in total. The number of carbonyl (C=O) groups is 1. The molecule has 1 unspecified atom stereocenters. The molecule has 0 saturated carbocycles. The molecule has 1 amide bonds. The van der Waals surface area contributed by atoms with Gasteiger partial charge in [0.2, 0.25) is 0 Å². The summed E-state index contributed by atoms with van der Waals surface area (Å²) in [5.74, 6) is 0. The number of alkyl carbamates (subject to hydrolysis) is 1. The molecule has 0 spiro atoms. The van der Waals surface area contributed by atoms with E-state index in [0.29, 0.717) is 12.5 Å². The molecule has 174 valence electrons. The molecule has 2 aromatic carbocycles. The molecule has 0 fully saturated rings. The normalized spacial score (nSPS) is 12.2. The van der Waals surface area contributed by atoms with E-state index in [1.807, 2.05) is 70.2 Å². The Balaban J connectivity index is 1.76. The van der Waals surface area contributed by atoms with Gasteiger partial charge in [0.25, 0.3) is 0 Å². The van der Waals surface area contributed by atoms with Gasteiger partial charge in [-0.3, -0.25) is 0 Å². The predicted octanol–water partition coefficient (Wildman–Crippen LogP) is 4.46. The van der Waals surface area contributed by atoms with Gasteiger partial charge in [0.15, 0.2) is 0 Å². The number of aromatic nitrogens is 2. The van der Waals surface area contributed by atoms with Gasteiger partial charge in [-0.15, -0.1) is 0 Å². The molecule has 0 saturated heterocycles. The average Bonchev–Trinajstić information content (AvgIpc) is 3.22. The van der Waals surface area contributed by atoms with Crippen molar-refractivity contribution < 1.29 is 14.0 Å². The second-order valence-corrected chi connectivity index (χ2v) is 13.4. The topological polar surface area (TPSA) is 81.2 Å². The molecule has 6 nitrogen and oxygen atoms in total. The van der Waals surface area contributed by atoms with E-state index in [0.717, 1.165) is 32.7 Å². The van der Waals surface area contributed by atoms with E-state index in [1.54, 1.807) is 0 Å². The number of hydrogen-bond acceptors (Lipinski definition) is 5. The first kappa shape index (κ1) is 25.2. The van der Waals surface area contributed by atoms with E-state index in [2.05, 4.69) is 27.6 Å². The van der Waals surface area contributed by atoms with Gasteiger partial charge in [-0.2, -0.15) is 0 Å². The first-order chi connectivity index (χ1) is 15.7. The zero-order chi connectivity index (χ0) is 23.8. The molecular weight excluding hydrogens is 497 g/mol. The molecule has 0 radical (unpaired) electrons. The first-order valence-corrected chi connectivity index (χ1v) is 14.7. The minimum absolute atomic E-state index is 0.0452. The molecule has 1 atom stereocenters. The number of rotatable bonds is 9. The van der Waals surface area contributed by atoms with Crippen molar-refractivity contribution in [1.82, 2.24) is 15.5 Å². The van der Waals surface area contributed by atoms with Crippen LogP contribution in [-0.2, 0) is 28.1 Å². The van der Waals surface area contributed by atoms with Crippen molar-refractivity contribution >= 4 is 29.3 Å². The van der Waals surface area contributed by atoms with Gasteiger partial charge in [0, 0.05) is 0 Å². The number of carbonyl (C=O) groups excluding carboxylic acids is 1. The van der Waals surface area contributed by atoms with Crippen LogP contribution in [0.3, 0.4) is 0 Å². The van der Waals surface area contributed by atoms with Crippen molar-refractivity contribution in [2.24, 2.45) is 0 Å². The molecule has 1 aromatic heterocycles. The second-order valence-electron chi connectivity index (χ2n) is 8.98. The Morgan fingerprint density at radius 2 is 1.70 bits per heavy atom. The quantitative estimate of drug-likeness (QED) is 0.415. The summed E-state index contributed by atoms with van der Waals surface area (Å²) in [5, 5.41) is 11.9. The van der Waals surface area contributed by atoms with Crippen molar-refractivity contribution in [1.29, 1.82) is 0 Å². The third-order valence-electron chi connectivity index (χ3n) is 4.93. The summed E-state index contributed by atoms with van der Waals surface area (Å²) >= 11 is -0.0452. The summed E-state index contributed by atoms with van der Waals surface area (Å²) in [6.07, 6.45) is 0.899. The molecule has 3 rings (SSSR count). The summed E-state index contributed by atoms with van der Waals surface area (Å²) in [7, 11) is -1.55. The fourth-order valence-electron chi connectivity index (χ4n) is 3.28. The molecule has 33 heavy (non-hydrogen) atoms. The van der Waals surface area contributed by atoms with Gasteiger partial charge < -0.3 is 0 Å². The van der Waals surface area contributed by atoms with E-state index < -0.39 is 20.4 Å². The third kappa shape index (κ3) is 8.46. The molecule has 3 aromatic rings. The second kappa shape index (κ2) is 11.6. The number of benzene rings is 2. The van der Waals surface area contributed by atoms with E-state index in [4.69, 9.17) is 4.74 Å². The zero-order valence-corrected chi connectivity index (χ0v) is 22.3. The number of hydrogen-bond donors (Lipinski definition) is 1. The Hall–Kier alpha value is -2.41. The van der Waals surface area contributed by atoms with Crippen LogP contribution in [0.15, 0.2) is 54.6 Å². The van der Waals surface area contributed by atoms with Crippen LogP contribution in [0.4, 0.5) is 4.79 Å². The fraction of sp³-hybridized carbons (Fsp3) is 0.400. The van der Waals surface area contributed by atoms with Crippen molar-refractivity contribution in [3.8, 4) is 0 Å². The Bertz CT molecular complexity index is 1060. The zero-order valence-electron chi connectivity index (χ0n) is 19.6. The monoisotopic (exact) mass is 529 g/mol. The van der Waals surface area contributed by atoms with Gasteiger partial charge >= 0.3 is 203 Å². The molecule has 8 heteroatoms. The predicted molar refractivity (Wildman–Crippen MR) is 131 cm³/mol. The van der Waals surface area contributed by atoms with E-state index in [9.17, 15) is 9.26 Å². The van der Waals surface area contributed by atoms with E-state index in [1.165, 1.54) is 5.56 Å². The van der Waals surface area contributed by atoms with Gasteiger partial charge in [-0.1, -0.05) is 0 Å². The van der Waals surface area contributed by atoms with Crippen LogP contribution in [0.25, 0.3) is 0 Å². The van der Waals surface area contributed by atoms with Crippen molar-refractivity contribution in [3.05, 3.63) is 80.4 Å². The average molecular weight is 529 g/mol. The van der Waals surface area contributed by atoms with Crippen LogP contribution in [-0.4, -0.2) is 45.1 Å². The summed E-state index contributed by atoms with van der Waals surface area (Å²) in [5.41, 5.74) is 2.78. The molecule has 0 aliphatic carbocycles. The Morgan fingerprint density at radius 3 is 2.33 bits per heavy atom. The number of nitrogens with one attached hydrogen (secondary N) is 1. The third-order valence-corrected chi connectivity index (χ3v) is 8.69. The summed E-state index contributed by atoms with van der Waals surface area (Å²) in [6, 6.07) is 19.4. The molecule has 0 aliphatic heterocycles. The first-order valence-electron chi connectivity index (χ1n) is 11.2. The number of nitrogens with zero attached hydrogens (tertiary/aromatic N) is 2. The van der Waals surface area contributed by atoms with Crippen LogP contribution < -0.4 is 5.32 Å². The van der Waals surface area contributed by atoms with Crippen LogP contribution in [0.2, 0.25) is 6.04 Å². The van der Waals surface area contributed by atoms with Crippen LogP contribution in [0, 0.1) is 0 Å². The van der Waals surface area contributed by atoms with Crippen LogP contribution in [0.5, 0.6) is 0 Å². The summed E-state index contributed by atoms with van der Waals surface area (Å²) < 4.78 is 19.3.